The zero-order chi connectivity index (χ0) is 15.4. The van der Waals surface area contributed by atoms with E-state index in [1.807, 2.05) is 42.6 Å². The first-order valence-electron chi connectivity index (χ1n) is 7.21. The minimum atomic E-state index is -0.734. The van der Waals surface area contributed by atoms with Crippen molar-refractivity contribution in [3.63, 3.8) is 0 Å². The van der Waals surface area contributed by atoms with E-state index < -0.39 is 6.10 Å². The molecule has 2 aromatic carbocycles. The molecule has 110 valence electrons. The molecule has 0 aliphatic carbocycles. The van der Waals surface area contributed by atoms with Crippen LogP contribution in [-0.4, -0.2) is 10.1 Å². The molecule has 1 heterocycles. The molecule has 0 aliphatic rings. The number of H-pyrrole nitrogens is 1. The monoisotopic (exact) mass is 291 g/mol. The zero-order valence-electron chi connectivity index (χ0n) is 12.1. The Hall–Kier alpha value is -2.77. The quantitative estimate of drug-likeness (QED) is 0.670. The second kappa shape index (κ2) is 6.33. The van der Waals surface area contributed by atoms with Crippen LogP contribution < -0.4 is 5.32 Å². The predicted molar refractivity (Wildman–Crippen MR) is 87.3 cm³/mol. The van der Waals surface area contributed by atoms with Crippen LogP contribution in [0.5, 0.6) is 0 Å². The first-order chi connectivity index (χ1) is 10.8. The third kappa shape index (κ3) is 3.11. The topological polar surface area (TPSA) is 71.8 Å². The van der Waals surface area contributed by atoms with Crippen LogP contribution in [0.4, 0.5) is 5.69 Å². The van der Waals surface area contributed by atoms with Crippen molar-refractivity contribution in [2.75, 3.05) is 5.32 Å². The van der Waals surface area contributed by atoms with E-state index >= 15 is 0 Å². The molecule has 3 aromatic rings. The number of fused-ring (bicyclic) bond motifs is 1. The summed E-state index contributed by atoms with van der Waals surface area (Å²) in [5.41, 5.74) is 3.99. The molecule has 4 nitrogen and oxygen atoms in total. The molecular weight excluding hydrogens is 274 g/mol. The predicted octanol–water partition coefficient (Wildman–Crippen LogP) is 3.73. The number of nitriles is 1. The zero-order valence-corrected chi connectivity index (χ0v) is 12.1. The summed E-state index contributed by atoms with van der Waals surface area (Å²) in [6, 6.07) is 17.9. The van der Waals surface area contributed by atoms with Gasteiger partial charge in [0, 0.05) is 23.9 Å². The van der Waals surface area contributed by atoms with Crippen molar-refractivity contribution in [1.82, 2.24) is 4.98 Å². The summed E-state index contributed by atoms with van der Waals surface area (Å²) < 4.78 is 0. The van der Waals surface area contributed by atoms with Crippen molar-refractivity contribution in [2.45, 2.75) is 19.1 Å². The van der Waals surface area contributed by atoms with Gasteiger partial charge < -0.3 is 15.4 Å². The number of nitrogens with zero attached hydrogens (tertiary/aromatic N) is 1. The molecule has 1 atom stereocenters. The average Bonchev–Trinajstić information content (AvgIpc) is 3.01. The van der Waals surface area contributed by atoms with Gasteiger partial charge in [-0.2, -0.15) is 5.26 Å². The van der Waals surface area contributed by atoms with Crippen LogP contribution in [0.15, 0.2) is 54.7 Å². The van der Waals surface area contributed by atoms with Gasteiger partial charge in [0.15, 0.2) is 0 Å². The highest BCUT2D eigenvalue weighted by molar-refractivity contribution is 5.79. The maximum atomic E-state index is 9.87. The van der Waals surface area contributed by atoms with Crippen LogP contribution in [0.3, 0.4) is 0 Å². The molecule has 0 spiro atoms. The summed E-state index contributed by atoms with van der Waals surface area (Å²) in [5.74, 6) is 0. The van der Waals surface area contributed by atoms with Crippen LogP contribution in [-0.2, 0) is 6.54 Å². The first-order valence-corrected chi connectivity index (χ1v) is 7.21. The van der Waals surface area contributed by atoms with E-state index in [0.29, 0.717) is 6.54 Å². The van der Waals surface area contributed by atoms with Gasteiger partial charge in [-0.1, -0.05) is 24.3 Å². The van der Waals surface area contributed by atoms with Crippen LogP contribution in [0, 0.1) is 11.3 Å². The number of aromatic amines is 1. The summed E-state index contributed by atoms with van der Waals surface area (Å²) in [6.45, 7) is 0.701. The molecule has 0 amide bonds. The fourth-order valence-corrected chi connectivity index (χ4v) is 2.47. The largest absolute Gasteiger partial charge is 0.387 e. The molecule has 0 saturated carbocycles. The van der Waals surface area contributed by atoms with Gasteiger partial charge >= 0.3 is 0 Å². The summed E-state index contributed by atoms with van der Waals surface area (Å²) in [4.78, 5) is 3.20. The van der Waals surface area contributed by atoms with Crippen LogP contribution in [0.1, 0.15) is 23.7 Å². The van der Waals surface area contributed by atoms with Crippen molar-refractivity contribution >= 4 is 16.6 Å². The Morgan fingerprint density at radius 3 is 2.95 bits per heavy atom. The Morgan fingerprint density at radius 2 is 2.09 bits per heavy atom. The summed E-state index contributed by atoms with van der Waals surface area (Å²) in [7, 11) is 0. The van der Waals surface area contributed by atoms with Gasteiger partial charge in [-0.15, -0.1) is 0 Å². The number of hydrogen-bond donors (Lipinski definition) is 3. The Labute approximate surface area is 129 Å². The highest BCUT2D eigenvalue weighted by atomic mass is 16.3. The second-order valence-corrected chi connectivity index (χ2v) is 5.26. The van der Waals surface area contributed by atoms with Crippen molar-refractivity contribution in [3.8, 4) is 6.07 Å². The summed E-state index contributed by atoms with van der Waals surface area (Å²) >= 11 is 0. The first kappa shape index (κ1) is 14.2. The lowest BCUT2D eigenvalue weighted by Crippen LogP contribution is -2.01. The molecule has 1 unspecified atom stereocenters. The van der Waals surface area contributed by atoms with Crippen molar-refractivity contribution in [3.05, 3.63) is 65.9 Å². The number of aliphatic hydroxyl groups excluding tert-OH is 1. The lowest BCUT2D eigenvalue weighted by molar-refractivity contribution is 0.183. The van der Waals surface area contributed by atoms with Gasteiger partial charge in [-0.25, -0.2) is 0 Å². The molecular formula is C18H17N3O. The maximum absolute atomic E-state index is 9.87. The van der Waals surface area contributed by atoms with E-state index in [1.54, 1.807) is 0 Å². The van der Waals surface area contributed by atoms with E-state index in [1.165, 1.54) is 10.9 Å². The minimum Gasteiger partial charge on any atom is -0.387 e. The third-order valence-corrected chi connectivity index (χ3v) is 3.67. The Morgan fingerprint density at radius 1 is 1.18 bits per heavy atom. The standard InChI is InChI=1S/C18H17N3O/c19-8-6-18(22)15-2-1-3-16(11-15)21-12-13-4-5-14-7-9-20-17(14)10-13/h1-5,7,9-11,18,20-22H,6,12H2. The van der Waals surface area contributed by atoms with E-state index in [4.69, 9.17) is 5.26 Å². The van der Waals surface area contributed by atoms with E-state index in [0.717, 1.165) is 16.8 Å². The molecule has 22 heavy (non-hydrogen) atoms. The van der Waals surface area contributed by atoms with Crippen molar-refractivity contribution < 1.29 is 5.11 Å². The normalized spacial score (nSPS) is 12.0. The fourth-order valence-electron chi connectivity index (χ4n) is 2.47. The Balaban J connectivity index is 1.70. The number of rotatable bonds is 5. The van der Waals surface area contributed by atoms with Gasteiger partial charge in [-0.3, -0.25) is 0 Å². The van der Waals surface area contributed by atoms with Crippen molar-refractivity contribution in [2.24, 2.45) is 0 Å². The second-order valence-electron chi connectivity index (χ2n) is 5.26. The van der Waals surface area contributed by atoms with E-state index in [9.17, 15) is 5.11 Å². The number of hydrogen-bond acceptors (Lipinski definition) is 3. The average molecular weight is 291 g/mol. The van der Waals surface area contributed by atoms with Crippen LogP contribution in [0.2, 0.25) is 0 Å². The van der Waals surface area contributed by atoms with Crippen LogP contribution >= 0.6 is 0 Å². The van der Waals surface area contributed by atoms with Gasteiger partial charge in [-0.05, 0) is 40.8 Å². The number of aliphatic hydroxyl groups is 1. The summed E-state index contributed by atoms with van der Waals surface area (Å²) in [5, 5.41) is 23.1. The molecule has 0 aliphatic heterocycles. The van der Waals surface area contributed by atoms with Gasteiger partial charge in [0.1, 0.15) is 0 Å². The number of nitrogens with one attached hydrogen (secondary N) is 2. The smallest absolute Gasteiger partial charge is 0.0920 e. The van der Waals surface area contributed by atoms with Gasteiger partial charge in [0.25, 0.3) is 0 Å². The molecule has 4 heteroatoms. The van der Waals surface area contributed by atoms with Gasteiger partial charge in [0.05, 0.1) is 18.6 Å². The molecule has 0 radical (unpaired) electrons. The SMILES string of the molecule is N#CCC(O)c1cccc(NCc2ccc3cc[nH]c3c2)c1. The third-order valence-electron chi connectivity index (χ3n) is 3.67. The van der Waals surface area contributed by atoms with Crippen molar-refractivity contribution in [1.29, 1.82) is 5.26 Å². The molecule has 0 saturated heterocycles. The number of aromatic nitrogens is 1. The maximum Gasteiger partial charge on any atom is 0.0920 e. The molecule has 0 bridgehead atoms. The summed E-state index contributed by atoms with van der Waals surface area (Å²) in [6.07, 6.45) is 1.30. The molecule has 3 rings (SSSR count). The Bertz CT molecular complexity index is 816. The lowest BCUT2D eigenvalue weighted by atomic mass is 10.1. The van der Waals surface area contributed by atoms with Crippen LogP contribution in [0.25, 0.3) is 10.9 Å². The highest BCUT2D eigenvalue weighted by Gasteiger charge is 2.07. The highest BCUT2D eigenvalue weighted by Crippen LogP contribution is 2.21. The van der Waals surface area contributed by atoms with Gasteiger partial charge in [0.2, 0.25) is 0 Å². The number of benzene rings is 2. The fraction of sp³-hybridized carbons (Fsp3) is 0.167. The number of anilines is 1. The molecule has 3 N–H and O–H groups in total. The lowest BCUT2D eigenvalue weighted by Gasteiger charge is -2.11. The van der Waals surface area contributed by atoms with E-state index in [2.05, 4.69) is 28.5 Å². The molecule has 1 aromatic heterocycles. The molecule has 0 fully saturated rings. The Kier molecular flexibility index (Phi) is 4.08. The van der Waals surface area contributed by atoms with E-state index in [-0.39, 0.29) is 6.42 Å². The minimum absolute atomic E-state index is 0.104.